The van der Waals surface area contributed by atoms with Gasteiger partial charge in [-0.05, 0) is 41.0 Å². The summed E-state index contributed by atoms with van der Waals surface area (Å²) in [5, 5.41) is 11.9. The lowest BCUT2D eigenvalue weighted by molar-refractivity contribution is -0.236. The van der Waals surface area contributed by atoms with E-state index in [9.17, 15) is 9.90 Å². The van der Waals surface area contributed by atoms with Crippen LogP contribution in [-0.4, -0.2) is 40.0 Å². The van der Waals surface area contributed by atoms with Crippen LogP contribution < -0.4 is 0 Å². The van der Waals surface area contributed by atoms with Gasteiger partial charge in [0.05, 0.1) is 11.1 Å². The highest BCUT2D eigenvalue weighted by molar-refractivity contribution is 5.69. The Morgan fingerprint density at radius 2 is 1.42 bits per heavy atom. The molecule has 36 heavy (non-hydrogen) atoms. The monoisotopic (exact) mass is 509 g/mol. The zero-order valence-corrected chi connectivity index (χ0v) is 24.7. The van der Waals surface area contributed by atoms with E-state index in [1.165, 1.54) is 83.5 Å². The van der Waals surface area contributed by atoms with Crippen molar-refractivity contribution in [2.75, 3.05) is 6.61 Å². The molecule has 1 fully saturated rings. The minimum atomic E-state index is -0.897. The maximum atomic E-state index is 12.5. The van der Waals surface area contributed by atoms with Crippen LogP contribution in [0.3, 0.4) is 0 Å². The van der Waals surface area contributed by atoms with Crippen molar-refractivity contribution < 1.29 is 19.5 Å². The number of hydrogen-bond donors (Lipinski definition) is 1. The van der Waals surface area contributed by atoms with Gasteiger partial charge in [-0.3, -0.25) is 14.7 Å². The van der Waals surface area contributed by atoms with E-state index >= 15 is 0 Å². The van der Waals surface area contributed by atoms with Crippen molar-refractivity contribution in [3.63, 3.8) is 0 Å². The van der Waals surface area contributed by atoms with E-state index in [0.717, 1.165) is 18.5 Å². The highest BCUT2D eigenvalue weighted by Gasteiger charge is 2.40. The van der Waals surface area contributed by atoms with E-state index in [1.807, 2.05) is 18.1 Å². The van der Waals surface area contributed by atoms with Crippen molar-refractivity contribution in [1.82, 2.24) is 5.06 Å². The second kappa shape index (κ2) is 18.2. The van der Waals surface area contributed by atoms with Gasteiger partial charge in [0.1, 0.15) is 12.7 Å². The first kappa shape index (κ1) is 33.0. The molecule has 1 aliphatic heterocycles. The maximum absolute atomic E-state index is 12.5. The number of carbonyl (C=O) groups is 1. The summed E-state index contributed by atoms with van der Waals surface area (Å²) in [6.07, 6.45) is 23.6. The minimum absolute atomic E-state index is 0.0770. The lowest BCUT2D eigenvalue weighted by Gasteiger charge is -2.47. The van der Waals surface area contributed by atoms with Crippen molar-refractivity contribution >= 4 is 5.97 Å². The Bertz CT molecular complexity index is 608. The number of hydroxylamine groups is 2. The Hall–Kier alpha value is -1.07. The van der Waals surface area contributed by atoms with E-state index < -0.39 is 5.60 Å². The molecule has 0 amide bonds. The zero-order chi connectivity index (χ0) is 26.9. The molecule has 1 rings (SSSR count). The lowest BCUT2D eigenvalue weighted by atomic mass is 9.88. The number of aliphatic hydroxyl groups is 1. The molecule has 0 aromatic rings. The van der Waals surface area contributed by atoms with Gasteiger partial charge in [-0.15, -0.1) is 0 Å². The zero-order valence-electron chi connectivity index (χ0n) is 24.7. The quantitative estimate of drug-likeness (QED) is 0.131. The predicted octanol–water partition coefficient (Wildman–Crippen LogP) is 8.64. The molecule has 212 valence electrons. The molecule has 0 saturated carbocycles. The van der Waals surface area contributed by atoms with Crippen molar-refractivity contribution in [2.24, 2.45) is 0 Å². The Morgan fingerprint density at radius 3 is 1.86 bits per heavy atom. The molecule has 1 heterocycles. The Labute approximate surface area is 223 Å². The van der Waals surface area contributed by atoms with E-state index in [2.05, 4.69) is 20.8 Å². The van der Waals surface area contributed by atoms with Crippen LogP contribution in [0.2, 0.25) is 0 Å². The predicted molar refractivity (Wildman–Crippen MR) is 151 cm³/mol. The molecule has 1 aliphatic rings. The Kier molecular flexibility index (Phi) is 16.7. The first-order valence-corrected chi connectivity index (χ1v) is 15.1. The number of piperidine rings is 1. The van der Waals surface area contributed by atoms with Crippen LogP contribution in [0.5, 0.6) is 0 Å². The van der Waals surface area contributed by atoms with Crippen molar-refractivity contribution in [3.05, 3.63) is 11.8 Å². The van der Waals surface area contributed by atoms with Crippen LogP contribution in [0.15, 0.2) is 11.8 Å². The number of hydrogen-bond acceptors (Lipinski definition) is 5. The van der Waals surface area contributed by atoms with Crippen molar-refractivity contribution in [3.8, 4) is 0 Å². The number of nitrogens with zero attached hydrogens (tertiary/aromatic N) is 1. The van der Waals surface area contributed by atoms with Crippen LogP contribution in [0.1, 0.15) is 157 Å². The summed E-state index contributed by atoms with van der Waals surface area (Å²) in [7, 11) is 0. The average molecular weight is 510 g/mol. The van der Waals surface area contributed by atoms with E-state index in [1.54, 1.807) is 13.8 Å². The minimum Gasteiger partial charge on any atom is -0.462 e. The second-order valence-corrected chi connectivity index (χ2v) is 12.2. The molecule has 0 aromatic heterocycles. The molecule has 0 bridgehead atoms. The van der Waals surface area contributed by atoms with E-state index in [0.29, 0.717) is 19.3 Å². The van der Waals surface area contributed by atoms with Crippen LogP contribution in [-0.2, 0) is 14.4 Å². The highest BCUT2D eigenvalue weighted by atomic mass is 16.7. The number of allylic oxidation sites excluding steroid dienone is 1. The van der Waals surface area contributed by atoms with Gasteiger partial charge in [0, 0.05) is 25.0 Å². The van der Waals surface area contributed by atoms with Crippen LogP contribution in [0, 0.1) is 0 Å². The molecule has 5 nitrogen and oxygen atoms in total. The SMILES string of the molecule is C/C=C1\CC(OC(=O)CCCCCCCCCCCCCCCCC)CC(C)(C)N1OCC(C)(C)O. The van der Waals surface area contributed by atoms with Gasteiger partial charge in [0.25, 0.3) is 0 Å². The average Bonchev–Trinajstić information content (AvgIpc) is 2.79. The molecule has 1 atom stereocenters. The highest BCUT2D eigenvalue weighted by Crippen LogP contribution is 2.36. The molecule has 1 saturated heterocycles. The fourth-order valence-electron chi connectivity index (χ4n) is 5.10. The molecule has 0 spiro atoms. The molecule has 1 N–H and O–H groups in total. The first-order chi connectivity index (χ1) is 17.1. The van der Waals surface area contributed by atoms with Gasteiger partial charge in [-0.1, -0.05) is 103 Å². The van der Waals surface area contributed by atoms with Crippen molar-refractivity contribution in [2.45, 2.75) is 174 Å². The number of unbranched alkanes of at least 4 members (excludes halogenated alkanes) is 14. The van der Waals surface area contributed by atoms with Gasteiger partial charge < -0.3 is 9.84 Å². The summed E-state index contributed by atoms with van der Waals surface area (Å²) in [5.41, 5.74) is -0.212. The third kappa shape index (κ3) is 15.2. The molecule has 5 heteroatoms. The summed E-state index contributed by atoms with van der Waals surface area (Å²) in [5.74, 6) is -0.0770. The summed E-state index contributed by atoms with van der Waals surface area (Å²) in [4.78, 5) is 18.4. The van der Waals surface area contributed by atoms with Gasteiger partial charge in [0.15, 0.2) is 0 Å². The first-order valence-electron chi connectivity index (χ1n) is 15.1. The standard InChI is InChI=1S/C31H59NO4/c1-7-9-10-11-12-13-14-15-16-17-18-19-20-21-22-23-29(33)36-28-24-27(8-2)32(30(3,4)25-28)35-26-31(5,6)34/h8,28,34H,7,9-26H2,1-6H3/b27-8+. The summed E-state index contributed by atoms with van der Waals surface area (Å²) >= 11 is 0. The van der Waals surface area contributed by atoms with E-state index in [4.69, 9.17) is 9.57 Å². The topological polar surface area (TPSA) is 59.0 Å². The van der Waals surface area contributed by atoms with Crippen LogP contribution in [0.4, 0.5) is 0 Å². The third-order valence-corrected chi connectivity index (χ3v) is 7.14. The van der Waals surface area contributed by atoms with Gasteiger partial charge in [-0.2, -0.15) is 0 Å². The van der Waals surface area contributed by atoms with Gasteiger partial charge in [-0.25, -0.2) is 0 Å². The largest absolute Gasteiger partial charge is 0.462 e. The van der Waals surface area contributed by atoms with Gasteiger partial charge in [0.2, 0.25) is 0 Å². The fourth-order valence-corrected chi connectivity index (χ4v) is 5.10. The molecule has 0 aliphatic carbocycles. The third-order valence-electron chi connectivity index (χ3n) is 7.14. The second-order valence-electron chi connectivity index (χ2n) is 12.2. The van der Waals surface area contributed by atoms with Crippen LogP contribution in [0.25, 0.3) is 0 Å². The molecule has 0 radical (unpaired) electrons. The Balaban J connectivity index is 2.11. The van der Waals surface area contributed by atoms with E-state index in [-0.39, 0.29) is 24.2 Å². The smallest absolute Gasteiger partial charge is 0.306 e. The van der Waals surface area contributed by atoms with Crippen LogP contribution >= 0.6 is 0 Å². The maximum Gasteiger partial charge on any atom is 0.306 e. The normalized spacial score (nSPS) is 19.1. The fraction of sp³-hybridized carbons (Fsp3) is 0.903. The Morgan fingerprint density at radius 1 is 0.944 bits per heavy atom. The van der Waals surface area contributed by atoms with Gasteiger partial charge >= 0.3 is 5.97 Å². The number of rotatable bonds is 20. The summed E-state index contributed by atoms with van der Waals surface area (Å²) < 4.78 is 5.86. The number of carbonyl (C=O) groups excluding carboxylic acids is 1. The summed E-state index contributed by atoms with van der Waals surface area (Å²) in [6, 6.07) is 0. The van der Waals surface area contributed by atoms with Crippen molar-refractivity contribution in [1.29, 1.82) is 0 Å². The molecular weight excluding hydrogens is 450 g/mol. The summed E-state index contributed by atoms with van der Waals surface area (Å²) in [6.45, 7) is 12.1. The lowest BCUT2D eigenvalue weighted by Crippen LogP contribution is -2.52. The number of ether oxygens (including phenoxy) is 1. The molecular formula is C31H59NO4. The number of esters is 1. The molecule has 0 aromatic carbocycles. The molecule has 1 unspecified atom stereocenters.